The first-order valence-corrected chi connectivity index (χ1v) is 9.54. The molecule has 3 aliphatic rings. The number of nitrogens with zero attached hydrogens (tertiary/aromatic N) is 2. The van der Waals surface area contributed by atoms with E-state index in [0.717, 1.165) is 45.7 Å². The molecule has 0 radical (unpaired) electrons. The molecule has 0 aliphatic carbocycles. The quantitative estimate of drug-likeness (QED) is 0.905. The molecular formula is C21H23N3O3. The highest BCUT2D eigenvalue weighted by molar-refractivity contribution is 5.95. The molecule has 0 atom stereocenters. The van der Waals surface area contributed by atoms with Gasteiger partial charge in [-0.3, -0.25) is 9.69 Å². The second kappa shape index (κ2) is 6.78. The zero-order valence-electron chi connectivity index (χ0n) is 15.2. The van der Waals surface area contributed by atoms with E-state index in [1.54, 1.807) is 6.07 Å². The van der Waals surface area contributed by atoms with E-state index in [1.165, 1.54) is 16.8 Å². The Balaban J connectivity index is 1.22. The summed E-state index contributed by atoms with van der Waals surface area (Å²) < 4.78 is 10.7. The van der Waals surface area contributed by atoms with Gasteiger partial charge in [0.25, 0.3) is 5.91 Å². The van der Waals surface area contributed by atoms with Crippen LogP contribution in [-0.4, -0.2) is 55.2 Å². The number of ether oxygens (including phenoxy) is 2. The topological polar surface area (TPSA) is 54.0 Å². The van der Waals surface area contributed by atoms with Crippen LogP contribution in [0.15, 0.2) is 36.4 Å². The zero-order chi connectivity index (χ0) is 18.2. The largest absolute Gasteiger partial charge is 0.454 e. The van der Waals surface area contributed by atoms with Gasteiger partial charge in [-0.2, -0.15) is 0 Å². The molecule has 1 amide bonds. The van der Waals surface area contributed by atoms with Crippen LogP contribution in [0.5, 0.6) is 11.5 Å². The maximum Gasteiger partial charge on any atom is 0.254 e. The Kier molecular flexibility index (Phi) is 4.13. The van der Waals surface area contributed by atoms with Crippen molar-refractivity contribution in [1.82, 2.24) is 9.80 Å². The molecule has 140 valence electrons. The van der Waals surface area contributed by atoms with Crippen molar-refractivity contribution in [3.05, 3.63) is 53.1 Å². The van der Waals surface area contributed by atoms with Crippen molar-refractivity contribution in [2.75, 3.05) is 44.8 Å². The standard InChI is InChI=1S/C21H23N3O3/c25-21(16-4-5-18-19(12-16)27-14-26-18)24-10-8-23(9-11-24)13-17-3-1-2-15-6-7-22-20(15)17/h1-5,12,22H,6-11,13-14H2. The Hall–Kier alpha value is -2.73. The van der Waals surface area contributed by atoms with Crippen LogP contribution in [0.25, 0.3) is 0 Å². The average Bonchev–Trinajstić information content (AvgIpc) is 3.37. The average molecular weight is 365 g/mol. The molecule has 3 aliphatic heterocycles. The van der Waals surface area contributed by atoms with Crippen LogP contribution in [0.4, 0.5) is 5.69 Å². The maximum absolute atomic E-state index is 12.8. The Labute approximate surface area is 158 Å². The third-order valence-corrected chi connectivity index (χ3v) is 5.61. The summed E-state index contributed by atoms with van der Waals surface area (Å²) in [4.78, 5) is 17.2. The van der Waals surface area contributed by atoms with Crippen LogP contribution in [0.2, 0.25) is 0 Å². The predicted octanol–water partition coefficient (Wildman–Crippen LogP) is 2.34. The SMILES string of the molecule is O=C(c1ccc2c(c1)OCO2)N1CCN(Cc2cccc3c2NCC3)CC1. The number of carbonyl (C=O) groups excluding carboxylic acids is 1. The predicted molar refractivity (Wildman–Crippen MR) is 102 cm³/mol. The number of para-hydroxylation sites is 1. The lowest BCUT2D eigenvalue weighted by molar-refractivity contribution is 0.0628. The van der Waals surface area contributed by atoms with Gasteiger partial charge in [-0.15, -0.1) is 0 Å². The molecule has 6 heteroatoms. The Morgan fingerprint density at radius 3 is 2.78 bits per heavy atom. The highest BCUT2D eigenvalue weighted by atomic mass is 16.7. The molecule has 1 N–H and O–H groups in total. The molecule has 3 heterocycles. The number of benzene rings is 2. The molecule has 5 rings (SSSR count). The summed E-state index contributed by atoms with van der Waals surface area (Å²) in [5, 5.41) is 3.51. The number of fused-ring (bicyclic) bond motifs is 2. The number of amides is 1. The minimum atomic E-state index is 0.0650. The van der Waals surface area contributed by atoms with Crippen molar-refractivity contribution < 1.29 is 14.3 Å². The number of hydrogen-bond acceptors (Lipinski definition) is 5. The summed E-state index contributed by atoms with van der Waals surface area (Å²) >= 11 is 0. The number of nitrogens with one attached hydrogen (secondary N) is 1. The van der Waals surface area contributed by atoms with Crippen LogP contribution in [-0.2, 0) is 13.0 Å². The van der Waals surface area contributed by atoms with Gasteiger partial charge in [-0.05, 0) is 35.7 Å². The molecular weight excluding hydrogens is 342 g/mol. The van der Waals surface area contributed by atoms with E-state index in [4.69, 9.17) is 9.47 Å². The monoisotopic (exact) mass is 365 g/mol. The van der Waals surface area contributed by atoms with Gasteiger partial charge in [0.15, 0.2) is 11.5 Å². The van der Waals surface area contributed by atoms with Gasteiger partial charge in [-0.1, -0.05) is 18.2 Å². The van der Waals surface area contributed by atoms with Gasteiger partial charge in [-0.25, -0.2) is 0 Å². The lowest BCUT2D eigenvalue weighted by Gasteiger charge is -2.35. The van der Waals surface area contributed by atoms with Crippen molar-refractivity contribution in [3.8, 4) is 11.5 Å². The number of anilines is 1. The van der Waals surface area contributed by atoms with Crippen LogP contribution < -0.4 is 14.8 Å². The first-order valence-electron chi connectivity index (χ1n) is 9.54. The number of hydrogen-bond donors (Lipinski definition) is 1. The highest BCUT2D eigenvalue weighted by Crippen LogP contribution is 2.33. The van der Waals surface area contributed by atoms with Gasteiger partial charge in [0.1, 0.15) is 0 Å². The van der Waals surface area contributed by atoms with E-state index in [9.17, 15) is 4.79 Å². The maximum atomic E-state index is 12.8. The summed E-state index contributed by atoms with van der Waals surface area (Å²) in [6.07, 6.45) is 1.11. The molecule has 27 heavy (non-hydrogen) atoms. The second-order valence-electron chi connectivity index (χ2n) is 7.26. The van der Waals surface area contributed by atoms with Crippen LogP contribution in [0, 0.1) is 0 Å². The Morgan fingerprint density at radius 2 is 1.89 bits per heavy atom. The van der Waals surface area contributed by atoms with Crippen LogP contribution in [0.3, 0.4) is 0 Å². The van der Waals surface area contributed by atoms with Crippen molar-refractivity contribution in [3.63, 3.8) is 0 Å². The van der Waals surface area contributed by atoms with E-state index in [-0.39, 0.29) is 12.7 Å². The summed E-state index contributed by atoms with van der Waals surface area (Å²) in [7, 11) is 0. The Morgan fingerprint density at radius 1 is 1.04 bits per heavy atom. The summed E-state index contributed by atoms with van der Waals surface area (Å²) in [5.41, 5.74) is 4.76. The first kappa shape index (κ1) is 16.4. The van der Waals surface area contributed by atoms with Crippen molar-refractivity contribution >= 4 is 11.6 Å². The molecule has 6 nitrogen and oxygen atoms in total. The fourth-order valence-corrected chi connectivity index (χ4v) is 4.10. The summed E-state index contributed by atoms with van der Waals surface area (Å²) in [6, 6.07) is 12.0. The van der Waals surface area contributed by atoms with E-state index < -0.39 is 0 Å². The fourth-order valence-electron chi connectivity index (χ4n) is 4.10. The minimum Gasteiger partial charge on any atom is -0.454 e. The smallest absolute Gasteiger partial charge is 0.254 e. The van der Waals surface area contributed by atoms with Crippen molar-refractivity contribution in [1.29, 1.82) is 0 Å². The van der Waals surface area contributed by atoms with Crippen molar-refractivity contribution in [2.24, 2.45) is 0 Å². The normalized spacial score (nSPS) is 18.3. The fraction of sp³-hybridized carbons (Fsp3) is 0.381. The molecule has 0 unspecified atom stereocenters. The summed E-state index contributed by atoms with van der Waals surface area (Å²) in [5.74, 6) is 1.43. The number of rotatable bonds is 3. The van der Waals surface area contributed by atoms with E-state index in [1.807, 2.05) is 17.0 Å². The molecule has 2 aromatic carbocycles. The Bertz CT molecular complexity index is 875. The zero-order valence-corrected chi connectivity index (χ0v) is 15.2. The molecule has 0 saturated carbocycles. The van der Waals surface area contributed by atoms with Crippen molar-refractivity contribution in [2.45, 2.75) is 13.0 Å². The minimum absolute atomic E-state index is 0.0650. The van der Waals surface area contributed by atoms with Gasteiger partial charge in [0.05, 0.1) is 0 Å². The van der Waals surface area contributed by atoms with Crippen LogP contribution in [0.1, 0.15) is 21.5 Å². The lowest BCUT2D eigenvalue weighted by atomic mass is 10.1. The second-order valence-corrected chi connectivity index (χ2v) is 7.26. The number of carbonyl (C=O) groups is 1. The van der Waals surface area contributed by atoms with E-state index >= 15 is 0 Å². The number of piperazine rings is 1. The van der Waals surface area contributed by atoms with Gasteiger partial charge >= 0.3 is 0 Å². The van der Waals surface area contributed by atoms with Gasteiger partial charge in [0, 0.05) is 50.5 Å². The molecule has 0 spiro atoms. The lowest BCUT2D eigenvalue weighted by Crippen LogP contribution is -2.48. The highest BCUT2D eigenvalue weighted by Gasteiger charge is 2.25. The third kappa shape index (κ3) is 3.10. The first-order chi connectivity index (χ1) is 13.3. The molecule has 0 aromatic heterocycles. The van der Waals surface area contributed by atoms with Crippen LogP contribution >= 0.6 is 0 Å². The summed E-state index contributed by atoms with van der Waals surface area (Å²) in [6.45, 7) is 5.46. The molecule has 0 bridgehead atoms. The molecule has 1 saturated heterocycles. The van der Waals surface area contributed by atoms with Gasteiger partial charge in [0.2, 0.25) is 6.79 Å². The third-order valence-electron chi connectivity index (χ3n) is 5.61. The molecule has 1 fully saturated rings. The van der Waals surface area contributed by atoms with E-state index in [0.29, 0.717) is 17.1 Å². The molecule has 2 aromatic rings. The van der Waals surface area contributed by atoms with E-state index in [2.05, 4.69) is 28.4 Å². The van der Waals surface area contributed by atoms with Gasteiger partial charge < -0.3 is 19.7 Å².